The van der Waals surface area contributed by atoms with Gasteiger partial charge in [0.2, 0.25) is 5.89 Å². The smallest absolute Gasteiger partial charge is 0.437 e. The minimum Gasteiger partial charge on any atom is -0.491 e. The number of hydrogen-bond donors (Lipinski definition) is 1. The third-order valence-electron chi connectivity index (χ3n) is 3.32. The highest BCUT2D eigenvalue weighted by Crippen LogP contribution is 2.18. The van der Waals surface area contributed by atoms with Gasteiger partial charge in [-0.05, 0) is 42.5 Å². The van der Waals surface area contributed by atoms with Gasteiger partial charge in [0.25, 0.3) is 0 Å². The molecule has 25 heavy (non-hydrogen) atoms. The molecule has 0 spiro atoms. The van der Waals surface area contributed by atoms with Crippen molar-refractivity contribution >= 4 is 15.9 Å². The summed E-state index contributed by atoms with van der Waals surface area (Å²) < 4.78 is 25.3. The molecule has 3 rings (SSSR count). The number of aliphatic hydroxyl groups excluding tert-OH is 1. The normalized spacial score (nSPS) is 12.1. The molecule has 0 aliphatic heterocycles. The third-order valence-corrected chi connectivity index (χ3v) is 3.81. The van der Waals surface area contributed by atoms with E-state index in [1.54, 1.807) is 12.1 Å². The molecule has 0 saturated carbocycles. The van der Waals surface area contributed by atoms with E-state index in [-0.39, 0.29) is 19.0 Å². The van der Waals surface area contributed by atoms with Crippen molar-refractivity contribution < 1.29 is 18.7 Å². The Bertz CT molecular complexity index is 908. The lowest BCUT2D eigenvalue weighted by Gasteiger charge is -2.11. The molecule has 2 aromatic carbocycles. The predicted molar refractivity (Wildman–Crippen MR) is 91.8 cm³/mol. The van der Waals surface area contributed by atoms with E-state index >= 15 is 0 Å². The van der Waals surface area contributed by atoms with Crippen LogP contribution in [0, 0.1) is 5.82 Å². The first kappa shape index (κ1) is 17.4. The molecule has 0 saturated heterocycles. The molecule has 8 heteroatoms. The topological polar surface area (TPSA) is 77.5 Å². The first-order valence-electron chi connectivity index (χ1n) is 7.41. The van der Waals surface area contributed by atoms with Gasteiger partial charge in [0.15, 0.2) is 0 Å². The minimum absolute atomic E-state index is 0.0123. The van der Waals surface area contributed by atoms with Crippen LogP contribution in [0.2, 0.25) is 0 Å². The second-order valence-corrected chi connectivity index (χ2v) is 6.20. The second-order valence-electron chi connectivity index (χ2n) is 5.28. The maximum Gasteiger partial charge on any atom is 0.437 e. The van der Waals surface area contributed by atoms with Gasteiger partial charge in [-0.1, -0.05) is 22.0 Å². The van der Waals surface area contributed by atoms with Gasteiger partial charge in [-0.25, -0.2) is 9.18 Å². The quantitative estimate of drug-likeness (QED) is 0.678. The Hall–Kier alpha value is -2.45. The van der Waals surface area contributed by atoms with Gasteiger partial charge in [-0.2, -0.15) is 4.68 Å². The fraction of sp³-hybridized carbons (Fsp3) is 0.176. The summed E-state index contributed by atoms with van der Waals surface area (Å²) >= 11 is 3.33. The van der Waals surface area contributed by atoms with Gasteiger partial charge in [0.05, 0.1) is 6.54 Å². The average molecular weight is 409 g/mol. The number of nitrogens with zero attached hydrogens (tertiary/aromatic N) is 2. The van der Waals surface area contributed by atoms with Crippen LogP contribution in [0.5, 0.6) is 5.75 Å². The van der Waals surface area contributed by atoms with Gasteiger partial charge >= 0.3 is 5.76 Å². The van der Waals surface area contributed by atoms with Gasteiger partial charge in [0, 0.05) is 10.0 Å². The SMILES string of the molecule is O=c1oc(-c2ccc(F)cc2)nn1CC(O)COc1cccc(Br)c1. The maximum absolute atomic E-state index is 12.9. The van der Waals surface area contributed by atoms with E-state index in [9.17, 15) is 14.3 Å². The van der Waals surface area contributed by atoms with E-state index in [0.717, 1.165) is 9.15 Å². The monoisotopic (exact) mass is 408 g/mol. The van der Waals surface area contributed by atoms with Crippen molar-refractivity contribution in [3.8, 4) is 17.2 Å². The van der Waals surface area contributed by atoms with E-state index in [1.165, 1.54) is 24.3 Å². The Kier molecular flexibility index (Phi) is 5.30. The Morgan fingerprint density at radius 3 is 2.76 bits per heavy atom. The number of benzene rings is 2. The molecule has 6 nitrogen and oxygen atoms in total. The van der Waals surface area contributed by atoms with Crippen LogP contribution in [-0.2, 0) is 6.54 Å². The fourth-order valence-electron chi connectivity index (χ4n) is 2.13. The zero-order valence-electron chi connectivity index (χ0n) is 12.9. The van der Waals surface area contributed by atoms with E-state index in [4.69, 9.17) is 9.15 Å². The van der Waals surface area contributed by atoms with Gasteiger partial charge < -0.3 is 14.3 Å². The summed E-state index contributed by atoms with van der Waals surface area (Å²) in [6.07, 6.45) is -0.956. The molecule has 1 unspecified atom stereocenters. The highest BCUT2D eigenvalue weighted by Gasteiger charge is 2.14. The number of hydrogen-bond acceptors (Lipinski definition) is 5. The molecular formula is C17H14BrFN2O4. The summed E-state index contributed by atoms with van der Waals surface area (Å²) in [5.74, 6) is -0.454. The number of aliphatic hydroxyl groups is 1. The number of rotatable bonds is 6. The summed E-state index contributed by atoms with van der Waals surface area (Å²) in [4.78, 5) is 11.8. The molecule has 0 amide bonds. The van der Waals surface area contributed by atoms with Crippen LogP contribution in [0.4, 0.5) is 4.39 Å². The second kappa shape index (κ2) is 7.62. The standard InChI is InChI=1S/C17H14BrFN2O4/c18-12-2-1-3-15(8-12)24-10-14(22)9-21-17(23)25-16(20-21)11-4-6-13(19)7-5-11/h1-8,14,22H,9-10H2. The average Bonchev–Trinajstić information content (AvgIpc) is 2.94. The molecule has 130 valence electrons. The number of ether oxygens (including phenoxy) is 1. The molecular weight excluding hydrogens is 395 g/mol. The molecule has 1 N–H and O–H groups in total. The molecule has 0 aliphatic rings. The van der Waals surface area contributed by atoms with E-state index in [0.29, 0.717) is 11.3 Å². The van der Waals surface area contributed by atoms with Crippen LogP contribution in [0.1, 0.15) is 0 Å². The lowest BCUT2D eigenvalue weighted by Crippen LogP contribution is -2.29. The van der Waals surface area contributed by atoms with E-state index in [1.807, 2.05) is 12.1 Å². The predicted octanol–water partition coefficient (Wildman–Crippen LogP) is 2.84. The van der Waals surface area contributed by atoms with Crippen LogP contribution in [0.25, 0.3) is 11.5 Å². The van der Waals surface area contributed by atoms with Gasteiger partial charge in [0.1, 0.15) is 24.3 Å². The highest BCUT2D eigenvalue weighted by atomic mass is 79.9. The lowest BCUT2D eigenvalue weighted by molar-refractivity contribution is 0.0875. The molecule has 0 fully saturated rings. The maximum atomic E-state index is 12.9. The minimum atomic E-state index is -0.956. The van der Waals surface area contributed by atoms with Crippen molar-refractivity contribution in [2.24, 2.45) is 0 Å². The van der Waals surface area contributed by atoms with Crippen molar-refractivity contribution in [1.29, 1.82) is 0 Å². The van der Waals surface area contributed by atoms with Crippen LogP contribution >= 0.6 is 15.9 Å². The van der Waals surface area contributed by atoms with Gasteiger partial charge in [-0.15, -0.1) is 5.10 Å². The van der Waals surface area contributed by atoms with Gasteiger partial charge in [-0.3, -0.25) is 0 Å². The number of aromatic nitrogens is 2. The largest absolute Gasteiger partial charge is 0.491 e. The molecule has 0 bridgehead atoms. The van der Waals surface area contributed by atoms with Crippen molar-refractivity contribution in [2.45, 2.75) is 12.6 Å². The molecule has 1 atom stereocenters. The molecule has 0 radical (unpaired) electrons. The van der Waals surface area contributed by atoms with E-state index in [2.05, 4.69) is 21.0 Å². The summed E-state index contributed by atoms with van der Waals surface area (Å²) in [5.41, 5.74) is 0.470. The fourth-order valence-corrected chi connectivity index (χ4v) is 2.51. The Morgan fingerprint density at radius 1 is 1.28 bits per heavy atom. The van der Waals surface area contributed by atoms with Crippen LogP contribution in [0.15, 0.2) is 62.2 Å². The first-order valence-corrected chi connectivity index (χ1v) is 8.21. The molecule has 1 heterocycles. The molecule has 1 aromatic heterocycles. The third kappa shape index (κ3) is 4.55. The molecule has 3 aromatic rings. The summed E-state index contributed by atoms with van der Waals surface area (Å²) in [7, 11) is 0. The highest BCUT2D eigenvalue weighted by molar-refractivity contribution is 9.10. The summed E-state index contributed by atoms with van der Waals surface area (Å²) in [5, 5.41) is 14.1. The number of halogens is 2. The van der Waals surface area contributed by atoms with Crippen molar-refractivity contribution in [3.63, 3.8) is 0 Å². The van der Waals surface area contributed by atoms with E-state index < -0.39 is 17.7 Å². The van der Waals surface area contributed by atoms with Crippen LogP contribution < -0.4 is 10.5 Å². The summed E-state index contributed by atoms with van der Waals surface area (Å²) in [6.45, 7) is -0.0980. The zero-order valence-corrected chi connectivity index (χ0v) is 14.5. The molecule has 0 aliphatic carbocycles. The van der Waals surface area contributed by atoms with Crippen molar-refractivity contribution in [3.05, 3.63) is 69.4 Å². The zero-order chi connectivity index (χ0) is 17.8. The Balaban J connectivity index is 1.64. The van der Waals surface area contributed by atoms with Crippen LogP contribution in [0.3, 0.4) is 0 Å². The lowest BCUT2D eigenvalue weighted by atomic mass is 10.2. The Labute approximate surface area is 150 Å². The van der Waals surface area contributed by atoms with Crippen molar-refractivity contribution in [1.82, 2.24) is 9.78 Å². The Morgan fingerprint density at radius 2 is 2.04 bits per heavy atom. The summed E-state index contributed by atoms with van der Waals surface area (Å²) in [6, 6.07) is 12.6. The van der Waals surface area contributed by atoms with Crippen molar-refractivity contribution in [2.75, 3.05) is 6.61 Å². The first-order chi connectivity index (χ1) is 12.0. The van der Waals surface area contributed by atoms with Crippen LogP contribution in [-0.4, -0.2) is 27.6 Å².